The van der Waals surface area contributed by atoms with Crippen LogP contribution in [0, 0.1) is 5.92 Å². The molecule has 22 heavy (non-hydrogen) atoms. The maximum atomic E-state index is 3.89. The summed E-state index contributed by atoms with van der Waals surface area (Å²) in [6.45, 7) is 17.0. The minimum absolute atomic E-state index is 0.697. The molecule has 1 unspecified atom stereocenters. The van der Waals surface area contributed by atoms with Crippen molar-refractivity contribution in [1.29, 1.82) is 0 Å². The molecule has 1 N–H and O–H groups in total. The van der Waals surface area contributed by atoms with Gasteiger partial charge in [0, 0.05) is 44.8 Å². The Morgan fingerprint density at radius 3 is 2.18 bits per heavy atom. The molecule has 0 saturated carbocycles. The number of likely N-dealkylation sites (tertiary alicyclic amines) is 1. The first-order chi connectivity index (χ1) is 10.6. The molecule has 0 aromatic carbocycles. The number of piperazine rings is 1. The smallest absolute Gasteiger partial charge is 0.0244 e. The van der Waals surface area contributed by atoms with Crippen LogP contribution < -0.4 is 5.32 Å². The number of hydrogen-bond acceptors (Lipinski definition) is 4. The van der Waals surface area contributed by atoms with Crippen molar-refractivity contribution >= 4 is 0 Å². The van der Waals surface area contributed by atoms with Crippen molar-refractivity contribution < 1.29 is 0 Å². The van der Waals surface area contributed by atoms with Gasteiger partial charge < -0.3 is 15.1 Å². The van der Waals surface area contributed by atoms with Crippen molar-refractivity contribution in [3.63, 3.8) is 0 Å². The Hall–Kier alpha value is -0.160. The lowest BCUT2D eigenvalue weighted by Gasteiger charge is -2.41. The maximum Gasteiger partial charge on any atom is 0.0244 e. The predicted molar refractivity (Wildman–Crippen MR) is 95.5 cm³/mol. The van der Waals surface area contributed by atoms with Crippen molar-refractivity contribution in [2.75, 3.05) is 59.4 Å². The Morgan fingerprint density at radius 2 is 1.64 bits per heavy atom. The second-order valence-electron chi connectivity index (χ2n) is 7.67. The molecular weight excluding hydrogens is 272 g/mol. The van der Waals surface area contributed by atoms with Gasteiger partial charge >= 0.3 is 0 Å². The first-order valence-corrected chi connectivity index (χ1v) is 9.48. The highest BCUT2D eigenvalue weighted by atomic mass is 15.3. The van der Waals surface area contributed by atoms with Gasteiger partial charge in [-0.1, -0.05) is 20.8 Å². The van der Waals surface area contributed by atoms with E-state index in [1.165, 1.54) is 71.6 Å². The van der Waals surface area contributed by atoms with Gasteiger partial charge in [-0.15, -0.1) is 0 Å². The van der Waals surface area contributed by atoms with E-state index >= 15 is 0 Å². The number of piperidine rings is 1. The van der Waals surface area contributed by atoms with Gasteiger partial charge in [0.05, 0.1) is 0 Å². The van der Waals surface area contributed by atoms with Gasteiger partial charge in [-0.3, -0.25) is 4.90 Å². The molecule has 2 rings (SSSR count). The predicted octanol–water partition coefficient (Wildman–Crippen LogP) is 1.72. The van der Waals surface area contributed by atoms with Crippen LogP contribution in [-0.4, -0.2) is 86.2 Å². The van der Waals surface area contributed by atoms with E-state index in [1.807, 2.05) is 0 Å². The Labute approximate surface area is 138 Å². The summed E-state index contributed by atoms with van der Waals surface area (Å²) >= 11 is 0. The third-order valence-corrected chi connectivity index (χ3v) is 5.52. The Morgan fingerprint density at radius 1 is 1.00 bits per heavy atom. The molecule has 1 atom stereocenters. The van der Waals surface area contributed by atoms with Gasteiger partial charge in [-0.2, -0.15) is 0 Å². The zero-order chi connectivity index (χ0) is 15.9. The molecule has 2 aliphatic rings. The molecule has 0 spiro atoms. The molecule has 0 amide bonds. The van der Waals surface area contributed by atoms with Crippen LogP contribution in [0.5, 0.6) is 0 Å². The van der Waals surface area contributed by atoms with E-state index in [-0.39, 0.29) is 0 Å². The molecule has 0 aromatic rings. The zero-order valence-corrected chi connectivity index (χ0v) is 15.4. The minimum atomic E-state index is 0.697. The summed E-state index contributed by atoms with van der Waals surface area (Å²) < 4.78 is 0. The fourth-order valence-corrected chi connectivity index (χ4v) is 3.90. The zero-order valence-electron chi connectivity index (χ0n) is 15.4. The first kappa shape index (κ1) is 18.2. The van der Waals surface area contributed by atoms with E-state index in [1.54, 1.807) is 0 Å². The fourth-order valence-electron chi connectivity index (χ4n) is 3.90. The summed E-state index contributed by atoms with van der Waals surface area (Å²) in [4.78, 5) is 7.78. The Kier molecular flexibility index (Phi) is 7.61. The van der Waals surface area contributed by atoms with E-state index < -0.39 is 0 Å². The van der Waals surface area contributed by atoms with Crippen LogP contribution in [-0.2, 0) is 0 Å². The third-order valence-electron chi connectivity index (χ3n) is 5.52. The Bertz CT molecular complexity index is 291. The molecular formula is C18H38N4. The maximum absolute atomic E-state index is 3.89. The second kappa shape index (κ2) is 9.21. The lowest BCUT2D eigenvalue weighted by atomic mass is 9.99. The van der Waals surface area contributed by atoms with Crippen molar-refractivity contribution in [1.82, 2.24) is 20.0 Å². The molecule has 2 aliphatic heterocycles. The molecule has 4 heteroatoms. The third kappa shape index (κ3) is 5.48. The van der Waals surface area contributed by atoms with Crippen molar-refractivity contribution in [3.8, 4) is 0 Å². The topological polar surface area (TPSA) is 21.8 Å². The molecule has 2 saturated heterocycles. The first-order valence-electron chi connectivity index (χ1n) is 9.48. The highest BCUT2D eigenvalue weighted by Gasteiger charge is 2.26. The molecule has 130 valence electrons. The van der Waals surface area contributed by atoms with E-state index in [0.29, 0.717) is 6.04 Å². The van der Waals surface area contributed by atoms with Gasteiger partial charge in [-0.05, 0) is 51.9 Å². The summed E-state index contributed by atoms with van der Waals surface area (Å²) in [5.74, 6) is 0.732. The van der Waals surface area contributed by atoms with Crippen LogP contribution in [0.4, 0.5) is 0 Å². The van der Waals surface area contributed by atoms with Gasteiger partial charge in [0.1, 0.15) is 0 Å². The molecule has 2 heterocycles. The van der Waals surface area contributed by atoms with Crippen molar-refractivity contribution in [3.05, 3.63) is 0 Å². The molecule has 2 fully saturated rings. The number of hydrogen-bond donors (Lipinski definition) is 1. The van der Waals surface area contributed by atoms with Gasteiger partial charge in [-0.25, -0.2) is 0 Å². The molecule has 4 nitrogen and oxygen atoms in total. The van der Waals surface area contributed by atoms with Gasteiger partial charge in [0.2, 0.25) is 0 Å². The molecule has 0 aromatic heterocycles. The van der Waals surface area contributed by atoms with Crippen molar-refractivity contribution in [2.45, 2.75) is 52.1 Å². The van der Waals surface area contributed by atoms with Gasteiger partial charge in [0.15, 0.2) is 0 Å². The van der Waals surface area contributed by atoms with Crippen LogP contribution in [0.15, 0.2) is 0 Å². The van der Waals surface area contributed by atoms with Crippen LogP contribution in [0.25, 0.3) is 0 Å². The van der Waals surface area contributed by atoms with Gasteiger partial charge in [0.25, 0.3) is 0 Å². The van der Waals surface area contributed by atoms with E-state index in [0.717, 1.165) is 12.0 Å². The highest BCUT2D eigenvalue weighted by molar-refractivity contribution is 4.84. The van der Waals surface area contributed by atoms with E-state index in [9.17, 15) is 0 Å². The van der Waals surface area contributed by atoms with Crippen LogP contribution in [0.2, 0.25) is 0 Å². The number of nitrogens with one attached hydrogen (secondary N) is 1. The summed E-state index contributed by atoms with van der Waals surface area (Å²) in [6.07, 6.45) is 3.94. The Balaban J connectivity index is 1.73. The molecule has 0 bridgehead atoms. The lowest BCUT2D eigenvalue weighted by Crippen LogP contribution is -2.55. The average Bonchev–Trinajstić information content (AvgIpc) is 2.51. The SMILES string of the molecule is CCCN1CCC(NCC(C(C)C)N2CCN(C)CC2)CC1. The highest BCUT2D eigenvalue weighted by Crippen LogP contribution is 2.15. The second-order valence-corrected chi connectivity index (χ2v) is 7.67. The largest absolute Gasteiger partial charge is 0.312 e. The van der Waals surface area contributed by atoms with Crippen LogP contribution >= 0.6 is 0 Å². The number of rotatable bonds is 7. The normalized spacial score (nSPS) is 25.0. The monoisotopic (exact) mass is 310 g/mol. The number of likely N-dealkylation sites (N-methyl/N-ethyl adjacent to an activating group) is 1. The minimum Gasteiger partial charge on any atom is -0.312 e. The average molecular weight is 311 g/mol. The van der Waals surface area contributed by atoms with E-state index in [2.05, 4.69) is 47.8 Å². The van der Waals surface area contributed by atoms with E-state index in [4.69, 9.17) is 0 Å². The van der Waals surface area contributed by atoms with Crippen molar-refractivity contribution in [2.24, 2.45) is 5.92 Å². The number of nitrogens with zero attached hydrogens (tertiary/aromatic N) is 3. The summed E-state index contributed by atoms with van der Waals surface area (Å²) in [5, 5.41) is 3.89. The summed E-state index contributed by atoms with van der Waals surface area (Å²) in [5.41, 5.74) is 0. The molecule has 0 aliphatic carbocycles. The molecule has 0 radical (unpaired) electrons. The summed E-state index contributed by atoms with van der Waals surface area (Å²) in [7, 11) is 2.24. The summed E-state index contributed by atoms with van der Waals surface area (Å²) in [6, 6.07) is 1.43. The van der Waals surface area contributed by atoms with Crippen LogP contribution in [0.1, 0.15) is 40.0 Å². The van der Waals surface area contributed by atoms with Crippen LogP contribution in [0.3, 0.4) is 0 Å². The quantitative estimate of drug-likeness (QED) is 0.773. The fraction of sp³-hybridized carbons (Fsp3) is 1.00. The lowest BCUT2D eigenvalue weighted by molar-refractivity contribution is 0.0834. The standard InChI is InChI=1S/C18H38N4/c1-5-8-21-9-6-17(7-10-21)19-15-18(16(2)3)22-13-11-20(4)12-14-22/h16-19H,5-15H2,1-4H3.